The molecule has 8 nitrogen and oxygen atoms in total. The normalized spacial score (nSPS) is 19.2. The highest BCUT2D eigenvalue weighted by Gasteiger charge is 2.36. The summed E-state index contributed by atoms with van der Waals surface area (Å²) in [7, 11) is 1.63. The zero-order chi connectivity index (χ0) is 22.5. The van der Waals surface area contributed by atoms with Crippen molar-refractivity contribution in [2.75, 3.05) is 44.7 Å². The number of nitrogens with two attached hydrogens (primary N) is 1. The van der Waals surface area contributed by atoms with Crippen LogP contribution in [-0.4, -0.2) is 67.8 Å². The van der Waals surface area contributed by atoms with E-state index in [4.69, 9.17) is 10.5 Å². The first-order valence-corrected chi connectivity index (χ1v) is 10.9. The number of carbonyl (C=O) groups is 1. The van der Waals surface area contributed by atoms with E-state index in [1.807, 2.05) is 46.2 Å². The lowest BCUT2D eigenvalue weighted by molar-refractivity contribution is 0.0827. The van der Waals surface area contributed by atoms with Crippen molar-refractivity contribution in [2.24, 2.45) is 15.7 Å². The van der Waals surface area contributed by atoms with Crippen LogP contribution in [0.15, 0.2) is 58.5 Å². The second-order valence-electron chi connectivity index (χ2n) is 8.04. The molecular formula is C24H30N6O2. The van der Waals surface area contributed by atoms with Crippen LogP contribution >= 0.6 is 0 Å². The van der Waals surface area contributed by atoms with Gasteiger partial charge >= 0.3 is 6.03 Å². The van der Waals surface area contributed by atoms with Gasteiger partial charge in [-0.15, -0.1) is 0 Å². The van der Waals surface area contributed by atoms with Crippen molar-refractivity contribution in [3.63, 3.8) is 0 Å². The lowest BCUT2D eigenvalue weighted by atomic mass is 9.95. The van der Waals surface area contributed by atoms with Gasteiger partial charge in [-0.25, -0.2) is 14.8 Å². The molecule has 2 saturated heterocycles. The fourth-order valence-electron chi connectivity index (χ4n) is 4.13. The van der Waals surface area contributed by atoms with Crippen LogP contribution in [-0.2, 0) is 0 Å². The fourth-order valence-corrected chi connectivity index (χ4v) is 4.13. The molecule has 2 aliphatic heterocycles. The lowest BCUT2D eigenvalue weighted by Gasteiger charge is -2.46. The van der Waals surface area contributed by atoms with Crippen LogP contribution in [0.25, 0.3) is 0 Å². The highest BCUT2D eigenvalue weighted by molar-refractivity contribution is 5.86. The summed E-state index contributed by atoms with van der Waals surface area (Å²) in [6.45, 7) is 5.48. The molecule has 0 saturated carbocycles. The molecule has 0 bridgehead atoms. The third kappa shape index (κ3) is 4.69. The molecule has 0 aliphatic carbocycles. The van der Waals surface area contributed by atoms with Crippen molar-refractivity contribution in [2.45, 2.75) is 19.4 Å². The van der Waals surface area contributed by atoms with Crippen molar-refractivity contribution in [1.82, 2.24) is 9.80 Å². The first-order chi connectivity index (χ1) is 15.6. The van der Waals surface area contributed by atoms with E-state index in [0.29, 0.717) is 30.4 Å². The van der Waals surface area contributed by atoms with Gasteiger partial charge in [0.15, 0.2) is 0 Å². The Morgan fingerprint density at radius 3 is 2.47 bits per heavy atom. The van der Waals surface area contributed by atoms with E-state index in [1.165, 1.54) is 11.9 Å². The Bertz CT molecular complexity index is 995. The van der Waals surface area contributed by atoms with Crippen molar-refractivity contribution in [3.05, 3.63) is 54.1 Å². The molecule has 0 radical (unpaired) electrons. The maximum absolute atomic E-state index is 13.1. The first kappa shape index (κ1) is 21.7. The smallest absolute Gasteiger partial charge is 0.320 e. The molecule has 2 heterocycles. The molecule has 2 aliphatic rings. The molecule has 2 fully saturated rings. The van der Waals surface area contributed by atoms with E-state index in [-0.39, 0.29) is 12.1 Å². The van der Waals surface area contributed by atoms with Crippen LogP contribution in [0.3, 0.4) is 0 Å². The minimum absolute atomic E-state index is 0.141. The number of ether oxygens (including phenoxy) is 1. The molecule has 168 valence electrons. The van der Waals surface area contributed by atoms with Crippen molar-refractivity contribution < 1.29 is 9.53 Å². The summed E-state index contributed by atoms with van der Waals surface area (Å²) in [5, 5.41) is 0. The van der Waals surface area contributed by atoms with Crippen LogP contribution < -0.4 is 15.4 Å². The zero-order valence-corrected chi connectivity index (χ0v) is 18.6. The molecular weight excluding hydrogens is 404 g/mol. The number of anilines is 1. The van der Waals surface area contributed by atoms with Crippen LogP contribution in [0, 0.1) is 0 Å². The molecule has 0 aromatic heterocycles. The number of hydrogen-bond donors (Lipinski definition) is 1. The van der Waals surface area contributed by atoms with Gasteiger partial charge in [-0.3, -0.25) is 0 Å². The molecule has 0 spiro atoms. The number of likely N-dealkylation sites (tertiary alicyclic amines) is 1. The number of hydrogen-bond acceptors (Lipinski definition) is 4. The third-order valence-electron chi connectivity index (χ3n) is 5.99. The van der Waals surface area contributed by atoms with Gasteiger partial charge < -0.3 is 25.2 Å². The van der Waals surface area contributed by atoms with Gasteiger partial charge in [0, 0.05) is 44.5 Å². The molecule has 2 aromatic carbocycles. The third-order valence-corrected chi connectivity index (χ3v) is 5.99. The number of aliphatic imine (C=N–C) groups is 2. The molecule has 1 atom stereocenters. The van der Waals surface area contributed by atoms with Gasteiger partial charge in [0.1, 0.15) is 17.8 Å². The maximum atomic E-state index is 13.1. The summed E-state index contributed by atoms with van der Waals surface area (Å²) >= 11 is 0. The first-order valence-electron chi connectivity index (χ1n) is 10.9. The number of methoxy groups -OCH3 is 1. The number of amides is 2. The van der Waals surface area contributed by atoms with Gasteiger partial charge in [0.05, 0.1) is 19.0 Å². The maximum Gasteiger partial charge on any atom is 0.320 e. The Balaban J connectivity index is 1.37. The van der Waals surface area contributed by atoms with E-state index in [1.54, 1.807) is 14.0 Å². The Kier molecular flexibility index (Phi) is 6.58. The Morgan fingerprint density at radius 1 is 1.09 bits per heavy atom. The number of benzene rings is 2. The molecule has 8 heteroatoms. The monoisotopic (exact) mass is 434 g/mol. The largest absolute Gasteiger partial charge is 0.494 e. The minimum atomic E-state index is 0.141. The average Bonchev–Trinajstić information content (AvgIpc) is 2.79. The van der Waals surface area contributed by atoms with Crippen LogP contribution in [0.2, 0.25) is 0 Å². The fraction of sp³-hybridized carbons (Fsp3) is 0.375. The second kappa shape index (κ2) is 9.72. The quantitative estimate of drug-likeness (QED) is 0.577. The molecule has 32 heavy (non-hydrogen) atoms. The van der Waals surface area contributed by atoms with Gasteiger partial charge in [0.2, 0.25) is 0 Å². The summed E-state index contributed by atoms with van der Waals surface area (Å²) in [4.78, 5) is 27.6. The highest BCUT2D eigenvalue weighted by atomic mass is 16.5. The Labute approximate surface area is 189 Å². The highest BCUT2D eigenvalue weighted by Crippen LogP contribution is 2.35. The van der Waals surface area contributed by atoms with E-state index in [0.717, 1.165) is 31.7 Å². The molecule has 2 N–H and O–H groups in total. The number of piperazine rings is 1. The number of amidine groups is 1. The Morgan fingerprint density at radius 2 is 1.84 bits per heavy atom. The molecule has 2 amide bonds. The standard InChI is InChI=1S/C24H30N6O2/c1-18(25)26-17-27-21-9-8-20(16-23(21)32-2)28-12-14-29(15-13-28)24(31)30-11-10-22(30)19-6-4-3-5-7-19/h3-9,16-17,22H,10-15H2,1-2H3,(H2,25,26,27). The van der Waals surface area contributed by atoms with E-state index in [9.17, 15) is 4.79 Å². The van der Waals surface area contributed by atoms with Crippen LogP contribution in [0.1, 0.15) is 24.9 Å². The van der Waals surface area contributed by atoms with E-state index < -0.39 is 0 Å². The summed E-state index contributed by atoms with van der Waals surface area (Å²) in [6, 6.07) is 16.5. The zero-order valence-electron chi connectivity index (χ0n) is 18.6. The van der Waals surface area contributed by atoms with E-state index >= 15 is 0 Å². The molecule has 2 aromatic rings. The molecule has 4 rings (SSSR count). The summed E-state index contributed by atoms with van der Waals surface area (Å²) < 4.78 is 5.51. The summed E-state index contributed by atoms with van der Waals surface area (Å²) in [5.74, 6) is 1.12. The predicted molar refractivity (Wildman–Crippen MR) is 128 cm³/mol. The SMILES string of the molecule is COc1cc(N2CCN(C(=O)N3CCC3c3ccccc3)CC2)ccc1N=CN=C(C)N. The Hall–Kier alpha value is -3.55. The van der Waals surface area contributed by atoms with Gasteiger partial charge in [-0.05, 0) is 31.0 Å². The van der Waals surface area contributed by atoms with Crippen LogP contribution in [0.5, 0.6) is 5.75 Å². The number of urea groups is 1. The topological polar surface area (TPSA) is 86.8 Å². The number of nitrogens with zero attached hydrogens (tertiary/aromatic N) is 5. The van der Waals surface area contributed by atoms with Crippen molar-refractivity contribution in [3.8, 4) is 5.75 Å². The average molecular weight is 435 g/mol. The van der Waals surface area contributed by atoms with E-state index in [2.05, 4.69) is 27.0 Å². The van der Waals surface area contributed by atoms with Gasteiger partial charge in [-0.1, -0.05) is 30.3 Å². The predicted octanol–water partition coefficient (Wildman–Crippen LogP) is 3.42. The number of carbonyl (C=O) groups excluding carboxylic acids is 1. The summed E-state index contributed by atoms with van der Waals surface area (Å²) in [5.41, 5.74) is 8.50. The van der Waals surface area contributed by atoms with Gasteiger partial charge in [0.25, 0.3) is 0 Å². The van der Waals surface area contributed by atoms with Crippen LogP contribution in [0.4, 0.5) is 16.2 Å². The second-order valence-corrected chi connectivity index (χ2v) is 8.04. The lowest BCUT2D eigenvalue weighted by Crippen LogP contribution is -2.56. The summed E-state index contributed by atoms with van der Waals surface area (Å²) in [6.07, 6.45) is 2.45. The van der Waals surface area contributed by atoms with Gasteiger partial charge in [-0.2, -0.15) is 0 Å². The van der Waals surface area contributed by atoms with Crippen molar-refractivity contribution in [1.29, 1.82) is 0 Å². The number of rotatable bonds is 5. The molecule has 1 unspecified atom stereocenters. The minimum Gasteiger partial charge on any atom is -0.494 e. The van der Waals surface area contributed by atoms with Crippen molar-refractivity contribution >= 4 is 29.6 Å².